The maximum Gasteiger partial charge on any atom is 0.300 e. The average Bonchev–Trinajstić information content (AvgIpc) is 3.11. The summed E-state index contributed by atoms with van der Waals surface area (Å²) >= 11 is 12.3. The lowest BCUT2D eigenvalue weighted by Gasteiger charge is -2.26. The molecule has 34 heavy (non-hydrogen) atoms. The van der Waals surface area contributed by atoms with E-state index >= 15 is 0 Å². The normalized spacial score (nSPS) is 18.9. The van der Waals surface area contributed by atoms with Gasteiger partial charge in [0.05, 0.1) is 21.7 Å². The van der Waals surface area contributed by atoms with E-state index in [1.807, 2.05) is 0 Å². The first-order valence-electron chi connectivity index (χ1n) is 10.3. The van der Waals surface area contributed by atoms with E-state index in [2.05, 4.69) is 0 Å². The number of benzene rings is 3. The fourth-order valence-electron chi connectivity index (χ4n) is 4.04. The molecule has 2 aliphatic heterocycles. The van der Waals surface area contributed by atoms with Crippen LogP contribution in [-0.2, 0) is 9.59 Å². The first kappa shape index (κ1) is 22.3. The predicted octanol–water partition coefficient (Wildman–Crippen LogP) is 5.53. The van der Waals surface area contributed by atoms with E-state index in [9.17, 15) is 19.1 Å². The molecular formula is C25H16Cl2FNO5. The minimum Gasteiger partial charge on any atom is -0.507 e. The zero-order valence-corrected chi connectivity index (χ0v) is 18.9. The minimum absolute atomic E-state index is 0.149. The number of Topliss-reactive ketones (excluding diaryl/α,β-unsaturated/α-hetero) is 1. The number of hydrogen-bond acceptors (Lipinski definition) is 5. The lowest BCUT2D eigenvalue weighted by molar-refractivity contribution is -0.132. The Morgan fingerprint density at radius 2 is 1.62 bits per heavy atom. The van der Waals surface area contributed by atoms with Gasteiger partial charge >= 0.3 is 0 Å². The third-order valence-electron chi connectivity index (χ3n) is 5.62. The number of halogens is 3. The third-order valence-corrected chi connectivity index (χ3v) is 6.36. The molecule has 3 aromatic rings. The Morgan fingerprint density at radius 3 is 2.32 bits per heavy atom. The summed E-state index contributed by atoms with van der Waals surface area (Å²) in [5.41, 5.74) is 0.841. The van der Waals surface area contributed by atoms with Crippen molar-refractivity contribution in [3.8, 4) is 11.5 Å². The average molecular weight is 500 g/mol. The first-order valence-corrected chi connectivity index (χ1v) is 11.0. The number of rotatable bonds is 3. The van der Waals surface area contributed by atoms with Crippen LogP contribution in [0, 0.1) is 5.82 Å². The number of aliphatic hydroxyl groups excluding tert-OH is 1. The molecule has 0 aromatic heterocycles. The van der Waals surface area contributed by atoms with Gasteiger partial charge in [0.15, 0.2) is 11.5 Å². The molecule has 0 saturated carbocycles. The highest BCUT2D eigenvalue weighted by molar-refractivity contribution is 6.51. The summed E-state index contributed by atoms with van der Waals surface area (Å²) in [5, 5.41) is 11.7. The van der Waals surface area contributed by atoms with Crippen molar-refractivity contribution in [1.29, 1.82) is 0 Å². The topological polar surface area (TPSA) is 76.1 Å². The van der Waals surface area contributed by atoms with Crippen molar-refractivity contribution in [3.05, 3.63) is 93.2 Å². The quantitative estimate of drug-likeness (QED) is 0.291. The molecule has 6 nitrogen and oxygen atoms in total. The summed E-state index contributed by atoms with van der Waals surface area (Å²) in [6, 6.07) is 13.5. The highest BCUT2D eigenvalue weighted by Gasteiger charge is 2.47. The number of aliphatic hydroxyl groups is 1. The molecule has 1 fully saturated rings. The maximum atomic E-state index is 13.6. The molecule has 2 aliphatic rings. The number of carbonyl (C=O) groups is 2. The van der Waals surface area contributed by atoms with E-state index in [1.54, 1.807) is 24.3 Å². The molecule has 0 radical (unpaired) electrons. The zero-order valence-electron chi connectivity index (χ0n) is 17.4. The summed E-state index contributed by atoms with van der Waals surface area (Å²) in [6.45, 7) is 0.744. The number of anilines is 1. The van der Waals surface area contributed by atoms with Crippen LogP contribution in [0.5, 0.6) is 11.5 Å². The summed E-state index contributed by atoms with van der Waals surface area (Å²) in [7, 11) is 0. The molecule has 1 N–H and O–H groups in total. The van der Waals surface area contributed by atoms with E-state index in [1.165, 1.54) is 41.3 Å². The number of nitrogens with zero attached hydrogens (tertiary/aromatic N) is 1. The fourth-order valence-corrected chi connectivity index (χ4v) is 4.35. The van der Waals surface area contributed by atoms with Crippen molar-refractivity contribution in [2.24, 2.45) is 0 Å². The van der Waals surface area contributed by atoms with E-state index < -0.39 is 29.3 Å². The van der Waals surface area contributed by atoms with E-state index in [-0.39, 0.29) is 26.9 Å². The van der Waals surface area contributed by atoms with Gasteiger partial charge in [0.1, 0.15) is 24.8 Å². The summed E-state index contributed by atoms with van der Waals surface area (Å²) in [5.74, 6) is -1.74. The lowest BCUT2D eigenvalue weighted by atomic mass is 9.95. The monoisotopic (exact) mass is 499 g/mol. The number of carbonyl (C=O) groups excluding carboxylic acids is 2. The van der Waals surface area contributed by atoms with Crippen molar-refractivity contribution >= 4 is 46.3 Å². The minimum atomic E-state index is -1.03. The SMILES string of the molecule is O=C1C(=O)N(c2ccc(F)cc2)C(c2ccc(Cl)c(Cl)c2)/C1=C(/O)c1ccc2c(c1)OCCO2. The van der Waals surface area contributed by atoms with E-state index in [0.717, 1.165) is 0 Å². The van der Waals surface area contributed by atoms with Gasteiger partial charge in [-0.15, -0.1) is 0 Å². The first-order chi connectivity index (χ1) is 16.3. The molecule has 1 atom stereocenters. The second-order valence-corrected chi connectivity index (χ2v) is 8.49. The van der Waals surface area contributed by atoms with Gasteiger partial charge in [-0.2, -0.15) is 0 Å². The standard InChI is InChI=1S/C25H16Cl2FNO5/c26-17-7-1-13(11-18(17)27)22-21(23(30)14-2-8-19-20(12-14)34-10-9-33-19)24(31)25(32)29(22)16-5-3-15(28)4-6-16/h1-8,11-12,22,30H,9-10H2/b23-21-. The van der Waals surface area contributed by atoms with Crippen LogP contribution in [0.3, 0.4) is 0 Å². The van der Waals surface area contributed by atoms with Crippen molar-refractivity contribution in [1.82, 2.24) is 0 Å². The van der Waals surface area contributed by atoms with Crippen LogP contribution in [0.15, 0.2) is 66.2 Å². The number of amides is 1. The van der Waals surface area contributed by atoms with Crippen molar-refractivity contribution in [2.45, 2.75) is 6.04 Å². The van der Waals surface area contributed by atoms with Crippen LogP contribution in [0.2, 0.25) is 10.0 Å². The predicted molar refractivity (Wildman–Crippen MR) is 125 cm³/mol. The van der Waals surface area contributed by atoms with E-state index in [4.69, 9.17) is 32.7 Å². The molecule has 0 spiro atoms. The van der Waals surface area contributed by atoms with Crippen molar-refractivity contribution in [2.75, 3.05) is 18.1 Å². The largest absolute Gasteiger partial charge is 0.507 e. The van der Waals surface area contributed by atoms with Gasteiger partial charge in [-0.3, -0.25) is 14.5 Å². The molecule has 5 rings (SSSR count). The summed E-state index contributed by atoms with van der Waals surface area (Å²) < 4.78 is 24.6. The van der Waals surface area contributed by atoms with Gasteiger partial charge < -0.3 is 14.6 Å². The Bertz CT molecular complexity index is 1360. The fraction of sp³-hybridized carbons (Fsp3) is 0.120. The van der Waals surface area contributed by atoms with Gasteiger partial charge in [0.25, 0.3) is 11.7 Å². The molecule has 172 valence electrons. The smallest absolute Gasteiger partial charge is 0.300 e. The Morgan fingerprint density at radius 1 is 0.912 bits per heavy atom. The van der Waals surface area contributed by atoms with Crippen LogP contribution >= 0.6 is 23.2 Å². The Labute approximate surface area is 203 Å². The van der Waals surface area contributed by atoms with Crippen LogP contribution in [0.4, 0.5) is 10.1 Å². The second-order valence-electron chi connectivity index (χ2n) is 7.68. The summed E-state index contributed by atoms with van der Waals surface area (Å²) in [6.07, 6.45) is 0. The molecule has 9 heteroatoms. The number of ether oxygens (including phenoxy) is 2. The highest BCUT2D eigenvalue weighted by Crippen LogP contribution is 2.44. The maximum absolute atomic E-state index is 13.6. The molecule has 0 bridgehead atoms. The number of fused-ring (bicyclic) bond motifs is 1. The lowest BCUT2D eigenvalue weighted by Crippen LogP contribution is -2.29. The van der Waals surface area contributed by atoms with Gasteiger partial charge in [-0.1, -0.05) is 29.3 Å². The van der Waals surface area contributed by atoms with Gasteiger partial charge in [-0.05, 0) is 60.2 Å². The zero-order chi connectivity index (χ0) is 24.0. The number of ketones is 1. The van der Waals surface area contributed by atoms with E-state index in [0.29, 0.717) is 30.3 Å². The molecule has 0 aliphatic carbocycles. The highest BCUT2D eigenvalue weighted by atomic mass is 35.5. The van der Waals surface area contributed by atoms with Gasteiger partial charge in [-0.25, -0.2) is 4.39 Å². The number of hydrogen-bond donors (Lipinski definition) is 1. The molecule has 1 unspecified atom stereocenters. The Kier molecular flexibility index (Phi) is 5.67. The molecule has 1 amide bonds. The molecule has 1 saturated heterocycles. The Balaban J connectivity index is 1.70. The molecular weight excluding hydrogens is 484 g/mol. The van der Waals surface area contributed by atoms with Crippen LogP contribution in [0.25, 0.3) is 5.76 Å². The van der Waals surface area contributed by atoms with Crippen molar-refractivity contribution in [3.63, 3.8) is 0 Å². The summed E-state index contributed by atoms with van der Waals surface area (Å²) in [4.78, 5) is 27.5. The van der Waals surface area contributed by atoms with Crippen LogP contribution in [0.1, 0.15) is 17.2 Å². The van der Waals surface area contributed by atoms with Gasteiger partial charge in [0.2, 0.25) is 0 Å². The van der Waals surface area contributed by atoms with Crippen LogP contribution in [-0.4, -0.2) is 30.0 Å². The van der Waals surface area contributed by atoms with Crippen molar-refractivity contribution < 1.29 is 28.6 Å². The second kappa shape index (κ2) is 8.66. The Hall–Kier alpha value is -3.55. The molecule has 2 heterocycles. The molecule has 3 aromatic carbocycles. The van der Waals surface area contributed by atoms with Gasteiger partial charge in [0, 0.05) is 11.3 Å². The third kappa shape index (κ3) is 3.77. The van der Waals surface area contributed by atoms with Crippen LogP contribution < -0.4 is 14.4 Å².